The predicted octanol–water partition coefficient (Wildman–Crippen LogP) is 2.75. The molecule has 1 aromatic heterocycles. The highest BCUT2D eigenvalue weighted by molar-refractivity contribution is 5.55. The molecule has 3 rings (SSSR count). The van der Waals surface area contributed by atoms with Crippen LogP contribution in [0.5, 0.6) is 0 Å². The summed E-state index contributed by atoms with van der Waals surface area (Å²) in [7, 11) is 0. The molecular weight excluding hydrogens is 308 g/mol. The second kappa shape index (κ2) is 6.86. The highest BCUT2D eigenvalue weighted by atomic mass is 16.6. The van der Waals surface area contributed by atoms with Gasteiger partial charge in [-0.3, -0.25) is 10.1 Å². The molecule has 0 atom stereocenters. The quantitative estimate of drug-likeness (QED) is 0.553. The maximum absolute atomic E-state index is 11.1. The summed E-state index contributed by atoms with van der Waals surface area (Å²) in [4.78, 5) is 10.8. The summed E-state index contributed by atoms with van der Waals surface area (Å²) in [6.45, 7) is 2.24. The Bertz CT molecular complexity index is 847. The Morgan fingerprint density at radius 2 is 2.00 bits per heavy atom. The van der Waals surface area contributed by atoms with Crippen LogP contribution in [0.1, 0.15) is 18.3 Å². The van der Waals surface area contributed by atoms with Crippen molar-refractivity contribution in [2.24, 2.45) is 0 Å². The van der Waals surface area contributed by atoms with Gasteiger partial charge in [-0.15, -0.1) is 5.10 Å². The van der Waals surface area contributed by atoms with Gasteiger partial charge in [0.25, 0.3) is 5.69 Å². The first-order chi connectivity index (χ1) is 11.7. The van der Waals surface area contributed by atoms with Crippen LogP contribution in [0.25, 0.3) is 5.69 Å². The largest absolute Gasteiger partial charge is 0.377 e. The van der Waals surface area contributed by atoms with Gasteiger partial charge in [0, 0.05) is 17.3 Å². The van der Waals surface area contributed by atoms with E-state index in [-0.39, 0.29) is 10.6 Å². The van der Waals surface area contributed by atoms with E-state index in [1.54, 1.807) is 10.7 Å². The van der Waals surface area contributed by atoms with Crippen LogP contribution < -0.4 is 5.32 Å². The van der Waals surface area contributed by atoms with Crippen molar-refractivity contribution in [2.75, 3.05) is 5.32 Å². The molecule has 2 aromatic carbocycles. The smallest absolute Gasteiger partial charge is 0.274 e. The Kier molecular flexibility index (Phi) is 4.46. The Morgan fingerprint density at radius 3 is 2.71 bits per heavy atom. The fourth-order valence-corrected chi connectivity index (χ4v) is 2.41. The van der Waals surface area contributed by atoms with Crippen LogP contribution in [0.4, 0.5) is 11.4 Å². The molecule has 0 aliphatic carbocycles. The zero-order chi connectivity index (χ0) is 16.9. The highest BCUT2D eigenvalue weighted by Crippen LogP contribution is 2.24. The number of nitrogens with zero attached hydrogens (tertiary/aromatic N) is 5. The van der Waals surface area contributed by atoms with Gasteiger partial charge >= 0.3 is 0 Å². The fraction of sp³-hybridized carbons (Fsp3) is 0.188. The van der Waals surface area contributed by atoms with Crippen LogP contribution in [0.3, 0.4) is 0 Å². The van der Waals surface area contributed by atoms with Crippen LogP contribution in [-0.2, 0) is 13.0 Å². The Labute approximate surface area is 138 Å². The normalized spacial score (nSPS) is 10.5. The second-order valence-electron chi connectivity index (χ2n) is 5.15. The SMILES string of the molecule is CCc1ccc(NCc2nnnn2-c2ccccc2)cc1[N+](=O)[O-]. The molecule has 8 heteroatoms. The molecule has 0 aliphatic rings. The third-order valence-electron chi connectivity index (χ3n) is 3.65. The van der Waals surface area contributed by atoms with Gasteiger partial charge in [-0.25, -0.2) is 0 Å². The number of nitrogens with one attached hydrogen (secondary N) is 1. The lowest BCUT2D eigenvalue weighted by molar-refractivity contribution is -0.385. The number of aryl methyl sites for hydroxylation is 1. The lowest BCUT2D eigenvalue weighted by atomic mass is 10.1. The number of hydrogen-bond donors (Lipinski definition) is 1. The Balaban J connectivity index is 1.79. The molecule has 8 nitrogen and oxygen atoms in total. The van der Waals surface area contributed by atoms with Crippen molar-refractivity contribution >= 4 is 11.4 Å². The molecule has 1 heterocycles. The van der Waals surface area contributed by atoms with Crippen molar-refractivity contribution in [3.63, 3.8) is 0 Å². The summed E-state index contributed by atoms with van der Waals surface area (Å²) in [5.41, 5.74) is 2.33. The average molecular weight is 324 g/mol. The van der Waals surface area contributed by atoms with Crippen molar-refractivity contribution in [2.45, 2.75) is 19.9 Å². The molecule has 1 N–H and O–H groups in total. The van der Waals surface area contributed by atoms with Gasteiger partial charge < -0.3 is 5.32 Å². The monoisotopic (exact) mass is 324 g/mol. The van der Waals surface area contributed by atoms with Crippen LogP contribution in [0.15, 0.2) is 48.5 Å². The fourth-order valence-electron chi connectivity index (χ4n) is 2.41. The first-order valence-electron chi connectivity index (χ1n) is 7.53. The van der Waals surface area contributed by atoms with Crippen molar-refractivity contribution in [1.29, 1.82) is 0 Å². The Morgan fingerprint density at radius 1 is 1.21 bits per heavy atom. The van der Waals surface area contributed by atoms with Gasteiger partial charge in [0.05, 0.1) is 17.2 Å². The maximum atomic E-state index is 11.1. The minimum Gasteiger partial charge on any atom is -0.377 e. The molecule has 0 amide bonds. The van der Waals surface area contributed by atoms with Gasteiger partial charge in [0.2, 0.25) is 0 Å². The maximum Gasteiger partial charge on any atom is 0.274 e. The Hall–Kier alpha value is -3.29. The number of tetrazole rings is 1. The molecule has 24 heavy (non-hydrogen) atoms. The van der Waals surface area contributed by atoms with E-state index in [1.165, 1.54) is 6.07 Å². The number of rotatable bonds is 6. The van der Waals surface area contributed by atoms with Crippen LogP contribution in [-0.4, -0.2) is 25.1 Å². The first kappa shape index (κ1) is 15.6. The van der Waals surface area contributed by atoms with E-state index in [2.05, 4.69) is 20.8 Å². The van der Waals surface area contributed by atoms with Gasteiger partial charge in [-0.2, -0.15) is 4.68 Å². The lowest BCUT2D eigenvalue weighted by Crippen LogP contribution is -2.09. The van der Waals surface area contributed by atoms with Crippen molar-refractivity contribution in [1.82, 2.24) is 20.2 Å². The number of anilines is 1. The number of benzene rings is 2. The van der Waals surface area contributed by atoms with Gasteiger partial charge in [0.15, 0.2) is 5.82 Å². The minimum absolute atomic E-state index is 0.116. The zero-order valence-corrected chi connectivity index (χ0v) is 13.1. The van der Waals surface area contributed by atoms with E-state index in [1.807, 2.05) is 43.3 Å². The standard InChI is InChI=1S/C16H16N6O2/c1-2-12-8-9-13(10-15(12)22(23)24)17-11-16-18-19-20-21(16)14-6-4-3-5-7-14/h3-10,17H,2,11H2,1H3. The molecule has 0 spiro atoms. The van der Waals surface area contributed by atoms with Crippen LogP contribution in [0, 0.1) is 10.1 Å². The van der Waals surface area contributed by atoms with Crippen LogP contribution in [0.2, 0.25) is 0 Å². The molecule has 0 saturated carbocycles. The molecule has 0 bridgehead atoms. The first-order valence-corrected chi connectivity index (χ1v) is 7.53. The van der Waals surface area contributed by atoms with E-state index >= 15 is 0 Å². The average Bonchev–Trinajstić information content (AvgIpc) is 3.09. The van der Waals surface area contributed by atoms with Gasteiger partial charge in [-0.05, 0) is 35.0 Å². The topological polar surface area (TPSA) is 98.8 Å². The lowest BCUT2D eigenvalue weighted by Gasteiger charge is -2.08. The van der Waals surface area contributed by atoms with Gasteiger partial charge in [0.1, 0.15) is 0 Å². The summed E-state index contributed by atoms with van der Waals surface area (Å²) in [5.74, 6) is 0.614. The number of hydrogen-bond acceptors (Lipinski definition) is 6. The number of para-hydroxylation sites is 1. The summed E-state index contributed by atoms with van der Waals surface area (Å²) in [6.07, 6.45) is 0.614. The van der Waals surface area contributed by atoms with Gasteiger partial charge in [-0.1, -0.05) is 31.2 Å². The van der Waals surface area contributed by atoms with E-state index in [0.29, 0.717) is 30.0 Å². The minimum atomic E-state index is -0.363. The molecule has 0 radical (unpaired) electrons. The summed E-state index contributed by atoms with van der Waals surface area (Å²) >= 11 is 0. The molecule has 0 saturated heterocycles. The number of nitro groups is 1. The van der Waals surface area contributed by atoms with E-state index in [4.69, 9.17) is 0 Å². The molecule has 122 valence electrons. The molecular formula is C16H16N6O2. The summed E-state index contributed by atoms with van der Waals surface area (Å²) in [5, 5.41) is 26.0. The van der Waals surface area contributed by atoms with Crippen LogP contribution >= 0.6 is 0 Å². The second-order valence-corrected chi connectivity index (χ2v) is 5.15. The summed E-state index contributed by atoms with van der Waals surface area (Å²) < 4.78 is 1.63. The molecule has 0 fully saturated rings. The number of aromatic nitrogens is 4. The molecule has 0 unspecified atom stereocenters. The summed E-state index contributed by atoms with van der Waals surface area (Å²) in [6, 6.07) is 14.7. The van der Waals surface area contributed by atoms with Crippen molar-refractivity contribution in [3.8, 4) is 5.69 Å². The van der Waals surface area contributed by atoms with E-state index < -0.39 is 0 Å². The highest BCUT2D eigenvalue weighted by Gasteiger charge is 2.14. The molecule has 0 aliphatic heterocycles. The van der Waals surface area contributed by atoms with Crippen molar-refractivity contribution in [3.05, 3.63) is 70.0 Å². The molecule has 3 aromatic rings. The predicted molar refractivity (Wildman–Crippen MR) is 89.0 cm³/mol. The van der Waals surface area contributed by atoms with E-state index in [0.717, 1.165) is 5.69 Å². The van der Waals surface area contributed by atoms with E-state index in [9.17, 15) is 10.1 Å². The van der Waals surface area contributed by atoms with Crippen molar-refractivity contribution < 1.29 is 4.92 Å². The zero-order valence-electron chi connectivity index (χ0n) is 13.1. The third-order valence-corrected chi connectivity index (χ3v) is 3.65. The third kappa shape index (κ3) is 3.22. The number of nitro benzene ring substituents is 1.